The molecule has 0 saturated carbocycles. The summed E-state index contributed by atoms with van der Waals surface area (Å²) in [5, 5.41) is 0. The Kier molecular flexibility index (Phi) is 8.71. The monoisotopic (exact) mass is 536 g/mol. The average molecular weight is 537 g/mol. The van der Waals surface area contributed by atoms with Crippen LogP contribution in [0.5, 0.6) is 0 Å². The lowest BCUT2D eigenvalue weighted by atomic mass is 9.98. The zero-order chi connectivity index (χ0) is 26.7. The predicted molar refractivity (Wildman–Crippen MR) is 122 cm³/mol. The molecule has 11 heteroatoms. The molecule has 36 heavy (non-hydrogen) atoms. The summed E-state index contributed by atoms with van der Waals surface area (Å²) in [4.78, 5) is 16.6. The number of piperazine rings is 1. The van der Waals surface area contributed by atoms with Crippen molar-refractivity contribution in [1.29, 1.82) is 0 Å². The van der Waals surface area contributed by atoms with Crippen molar-refractivity contribution < 1.29 is 35.5 Å². The zero-order valence-electron chi connectivity index (χ0n) is 19.3. The van der Waals surface area contributed by atoms with E-state index in [0.29, 0.717) is 48.8 Å². The van der Waals surface area contributed by atoms with E-state index in [1.54, 1.807) is 25.1 Å². The van der Waals surface area contributed by atoms with Crippen molar-refractivity contribution in [3.05, 3.63) is 82.2 Å². The van der Waals surface area contributed by atoms with Gasteiger partial charge in [0.15, 0.2) is 0 Å². The van der Waals surface area contributed by atoms with Gasteiger partial charge in [-0.15, -0.1) is 11.6 Å². The third-order valence-electron chi connectivity index (χ3n) is 5.99. The first-order chi connectivity index (χ1) is 16.8. The van der Waals surface area contributed by atoms with E-state index in [2.05, 4.69) is 0 Å². The molecule has 0 unspecified atom stereocenters. The summed E-state index contributed by atoms with van der Waals surface area (Å²) in [6.07, 6.45) is -6.39. The number of aryl methyl sites for hydroxylation is 1. The molecule has 1 aliphatic heterocycles. The molecule has 0 aromatic heterocycles. The van der Waals surface area contributed by atoms with E-state index in [4.69, 9.17) is 11.6 Å². The van der Waals surface area contributed by atoms with Crippen LogP contribution in [0.3, 0.4) is 0 Å². The van der Waals surface area contributed by atoms with Crippen molar-refractivity contribution in [2.24, 2.45) is 0 Å². The Hall–Kier alpha value is -2.59. The molecule has 0 N–H and O–H groups in total. The van der Waals surface area contributed by atoms with Gasteiger partial charge in [-0.2, -0.15) is 26.3 Å². The van der Waals surface area contributed by atoms with Gasteiger partial charge in [0, 0.05) is 43.7 Å². The highest BCUT2D eigenvalue weighted by molar-refractivity contribution is 6.18. The van der Waals surface area contributed by atoms with Gasteiger partial charge in [-0.05, 0) is 48.7 Å². The lowest BCUT2D eigenvalue weighted by molar-refractivity contribution is -0.143. The van der Waals surface area contributed by atoms with Crippen LogP contribution in [0.25, 0.3) is 0 Å². The summed E-state index contributed by atoms with van der Waals surface area (Å²) < 4.78 is 94.1. The highest BCUT2D eigenvalue weighted by Gasteiger charge is 2.39. The normalized spacial score (nSPS) is 17.7. The van der Waals surface area contributed by atoms with E-state index in [-0.39, 0.29) is 19.0 Å². The van der Waals surface area contributed by atoms with Crippen LogP contribution < -0.4 is 0 Å². The van der Waals surface area contributed by atoms with E-state index in [0.717, 1.165) is 0 Å². The van der Waals surface area contributed by atoms with Gasteiger partial charge in [0.05, 0.1) is 11.1 Å². The second-order valence-corrected chi connectivity index (χ2v) is 8.93. The second kappa shape index (κ2) is 11.2. The number of alkyl halides is 7. The maximum Gasteiger partial charge on any atom is 0.416 e. The fraction of sp³-hybridized carbons (Fsp3) is 0.400. The molecule has 1 aliphatic rings. The number of hydrogen-bond donors (Lipinski definition) is 0. The minimum absolute atomic E-state index is 0.00944. The quantitative estimate of drug-likeness (QED) is 0.244. The molecule has 2 aromatic carbocycles. The molecule has 2 aromatic rings. The molecule has 3 nitrogen and oxygen atoms in total. The molecule has 0 bridgehead atoms. The molecule has 1 saturated heterocycles. The number of carbonyl (C=O) groups is 1. The molecule has 1 fully saturated rings. The molecule has 1 heterocycles. The number of carbonyl (C=O) groups excluding carboxylic acids is 1. The maximum absolute atomic E-state index is 14.1. The van der Waals surface area contributed by atoms with Crippen LogP contribution >= 0.6 is 11.6 Å². The molecular weight excluding hydrogens is 513 g/mol. The van der Waals surface area contributed by atoms with Crippen LogP contribution in [0, 0.1) is 12.7 Å². The Labute approximate surface area is 209 Å². The fourth-order valence-corrected chi connectivity index (χ4v) is 4.22. The third-order valence-corrected chi connectivity index (χ3v) is 6.17. The second-order valence-electron chi connectivity index (χ2n) is 8.62. The molecule has 0 radical (unpaired) electrons. The summed E-state index contributed by atoms with van der Waals surface area (Å²) in [6.45, 7) is 2.80. The van der Waals surface area contributed by atoms with Crippen molar-refractivity contribution in [1.82, 2.24) is 9.80 Å². The van der Waals surface area contributed by atoms with Gasteiger partial charge >= 0.3 is 12.4 Å². The standard InChI is InChI=1S/C25H24ClF7N2O/c1-16-4-5-17(11-22(16)27)10-21-15-34(7-3-2-6-26)8-9-35(21)23(36)18-12-19(24(28,29)30)14-20(13-18)25(31,32)33/h2-5,11-14,21H,6-10,15H2,1H3/t21-/m1/s1. The largest absolute Gasteiger partial charge is 0.416 e. The van der Waals surface area contributed by atoms with E-state index in [1.165, 1.54) is 11.0 Å². The van der Waals surface area contributed by atoms with Gasteiger partial charge in [0.1, 0.15) is 5.82 Å². The number of nitrogens with zero attached hydrogens (tertiary/aromatic N) is 2. The topological polar surface area (TPSA) is 23.6 Å². The van der Waals surface area contributed by atoms with Gasteiger partial charge in [-0.3, -0.25) is 9.69 Å². The summed E-state index contributed by atoms with van der Waals surface area (Å²) in [7, 11) is 0. The molecule has 3 rings (SSSR count). The van der Waals surface area contributed by atoms with Gasteiger partial charge < -0.3 is 4.90 Å². The number of rotatable bonds is 6. The predicted octanol–water partition coefficient (Wildman–Crippen LogP) is 6.34. The van der Waals surface area contributed by atoms with Crippen molar-refractivity contribution >= 4 is 17.5 Å². The van der Waals surface area contributed by atoms with Gasteiger partial charge in [-0.25, -0.2) is 4.39 Å². The van der Waals surface area contributed by atoms with Crippen LogP contribution in [0.1, 0.15) is 32.6 Å². The molecule has 0 aliphatic carbocycles. The summed E-state index contributed by atoms with van der Waals surface area (Å²) in [6, 6.07) is 4.83. The van der Waals surface area contributed by atoms with Crippen LogP contribution in [0.2, 0.25) is 0 Å². The molecule has 0 spiro atoms. The van der Waals surface area contributed by atoms with Gasteiger partial charge in [-0.1, -0.05) is 24.3 Å². The lowest BCUT2D eigenvalue weighted by Gasteiger charge is -2.41. The highest BCUT2D eigenvalue weighted by Crippen LogP contribution is 2.37. The van der Waals surface area contributed by atoms with Crippen molar-refractivity contribution in [3.8, 4) is 0 Å². The van der Waals surface area contributed by atoms with Crippen molar-refractivity contribution in [2.45, 2.75) is 31.7 Å². The number of benzene rings is 2. The first kappa shape index (κ1) is 28.0. The first-order valence-electron chi connectivity index (χ1n) is 11.1. The number of amides is 1. The van der Waals surface area contributed by atoms with E-state index < -0.39 is 46.8 Å². The Balaban J connectivity index is 1.96. The van der Waals surface area contributed by atoms with E-state index >= 15 is 0 Å². The highest BCUT2D eigenvalue weighted by atomic mass is 35.5. The minimum Gasteiger partial charge on any atom is -0.333 e. The minimum atomic E-state index is -5.07. The SMILES string of the molecule is Cc1ccc(C[C@@H]2CN(CC=CCCl)CCN2C(=O)c2cc(C(F)(F)F)cc(C(F)(F)F)c2)cc1F. The number of allylic oxidation sites excluding steroid dienone is 1. The van der Waals surface area contributed by atoms with E-state index in [9.17, 15) is 35.5 Å². The molecular formula is C25H24ClF7N2O. The maximum atomic E-state index is 14.1. The van der Waals surface area contributed by atoms with E-state index in [1.807, 2.05) is 11.0 Å². The summed E-state index contributed by atoms with van der Waals surface area (Å²) >= 11 is 5.65. The Bertz CT molecular complexity index is 1080. The number of halogens is 8. The van der Waals surface area contributed by atoms with Crippen LogP contribution in [0.4, 0.5) is 30.7 Å². The Morgan fingerprint density at radius 3 is 2.19 bits per heavy atom. The average Bonchev–Trinajstić information content (AvgIpc) is 2.80. The lowest BCUT2D eigenvalue weighted by Crippen LogP contribution is -2.56. The summed E-state index contributed by atoms with van der Waals surface area (Å²) in [5.74, 6) is -1.09. The fourth-order valence-electron chi connectivity index (χ4n) is 4.09. The Morgan fingerprint density at radius 2 is 1.64 bits per heavy atom. The third kappa shape index (κ3) is 7.00. The molecule has 1 amide bonds. The van der Waals surface area contributed by atoms with Crippen LogP contribution in [0.15, 0.2) is 48.6 Å². The smallest absolute Gasteiger partial charge is 0.333 e. The molecule has 1 atom stereocenters. The first-order valence-corrected chi connectivity index (χ1v) is 11.6. The Morgan fingerprint density at radius 1 is 1.00 bits per heavy atom. The van der Waals surface area contributed by atoms with Gasteiger partial charge in [0.25, 0.3) is 5.91 Å². The summed E-state index contributed by atoms with van der Waals surface area (Å²) in [5.41, 5.74) is -2.83. The van der Waals surface area contributed by atoms with Crippen LogP contribution in [-0.2, 0) is 18.8 Å². The zero-order valence-corrected chi connectivity index (χ0v) is 20.0. The molecule has 196 valence electrons. The van der Waals surface area contributed by atoms with Gasteiger partial charge in [0.2, 0.25) is 0 Å². The van der Waals surface area contributed by atoms with Crippen molar-refractivity contribution in [3.63, 3.8) is 0 Å². The number of hydrogen-bond acceptors (Lipinski definition) is 2. The van der Waals surface area contributed by atoms with Crippen LogP contribution in [-0.4, -0.2) is 53.8 Å². The van der Waals surface area contributed by atoms with Crippen molar-refractivity contribution in [2.75, 3.05) is 32.1 Å².